The summed E-state index contributed by atoms with van der Waals surface area (Å²) in [7, 11) is 0. The van der Waals surface area contributed by atoms with Crippen LogP contribution in [0.1, 0.15) is 43.0 Å². The third-order valence-electron chi connectivity index (χ3n) is 4.27. The Morgan fingerprint density at radius 3 is 3.13 bits per heavy atom. The van der Waals surface area contributed by atoms with E-state index in [1.54, 1.807) is 11.3 Å². The lowest BCUT2D eigenvalue weighted by molar-refractivity contribution is 0.152. The lowest BCUT2D eigenvalue weighted by Crippen LogP contribution is -2.36. The molecule has 0 aliphatic carbocycles. The van der Waals surface area contributed by atoms with Gasteiger partial charge in [-0.25, -0.2) is 4.98 Å². The van der Waals surface area contributed by atoms with E-state index in [9.17, 15) is 0 Å². The first-order valence-corrected chi connectivity index (χ1v) is 9.13. The van der Waals surface area contributed by atoms with Crippen LogP contribution in [0.4, 0.5) is 5.13 Å². The molecule has 1 aromatic heterocycles. The number of aromatic nitrogens is 1. The average molecular weight is 328 g/mol. The third-order valence-corrected chi connectivity index (χ3v) is 5.13. The number of hydrazone groups is 1. The fourth-order valence-electron chi connectivity index (χ4n) is 2.97. The number of nitrogens with zero attached hydrogens (tertiary/aromatic N) is 3. The Hall–Kier alpha value is -1.72. The van der Waals surface area contributed by atoms with Crippen LogP contribution in [0.3, 0.4) is 0 Å². The van der Waals surface area contributed by atoms with E-state index < -0.39 is 0 Å². The van der Waals surface area contributed by atoms with Crippen molar-refractivity contribution in [1.82, 2.24) is 9.88 Å². The van der Waals surface area contributed by atoms with Gasteiger partial charge in [0.05, 0.1) is 11.9 Å². The highest BCUT2D eigenvalue weighted by molar-refractivity contribution is 7.13. The number of hydrogen-bond acceptors (Lipinski definition) is 5. The van der Waals surface area contributed by atoms with E-state index in [0.29, 0.717) is 6.04 Å². The summed E-state index contributed by atoms with van der Waals surface area (Å²) in [4.78, 5) is 6.91. The van der Waals surface area contributed by atoms with E-state index in [4.69, 9.17) is 0 Å². The summed E-state index contributed by atoms with van der Waals surface area (Å²) in [6.45, 7) is 6.56. The number of hydrogen-bond donors (Lipinski definition) is 1. The molecule has 1 atom stereocenters. The molecular weight excluding hydrogens is 304 g/mol. The van der Waals surface area contributed by atoms with Crippen molar-refractivity contribution in [2.24, 2.45) is 5.10 Å². The lowest BCUT2D eigenvalue weighted by atomic mass is 10.0. The summed E-state index contributed by atoms with van der Waals surface area (Å²) in [6.07, 6.45) is 5.87. The van der Waals surface area contributed by atoms with Crippen molar-refractivity contribution in [3.05, 3.63) is 46.5 Å². The highest BCUT2D eigenvalue weighted by Crippen LogP contribution is 2.19. The molecule has 1 aromatic carbocycles. The molecule has 1 unspecified atom stereocenters. The van der Waals surface area contributed by atoms with Gasteiger partial charge in [0.25, 0.3) is 0 Å². The summed E-state index contributed by atoms with van der Waals surface area (Å²) in [6, 6.07) is 9.31. The van der Waals surface area contributed by atoms with E-state index >= 15 is 0 Å². The summed E-state index contributed by atoms with van der Waals surface area (Å²) >= 11 is 1.57. The van der Waals surface area contributed by atoms with Gasteiger partial charge in [-0.3, -0.25) is 10.3 Å². The standard InChI is InChI=1S/C18H24N4S/c1-14-13-23-18(20-14)21-19-11-16-7-5-8-17(10-16)12-22-9-4-3-6-15(22)2/h5,7-8,10-11,13,15H,3-4,6,9,12H2,1-2H3,(H,20,21). The van der Waals surface area contributed by atoms with Gasteiger partial charge in [-0.05, 0) is 50.4 Å². The molecule has 4 nitrogen and oxygen atoms in total. The van der Waals surface area contributed by atoms with Crippen molar-refractivity contribution in [3.8, 4) is 0 Å². The predicted octanol–water partition coefficient (Wildman–Crippen LogP) is 4.27. The molecule has 1 aliphatic heterocycles. The number of piperidine rings is 1. The minimum absolute atomic E-state index is 0.691. The highest BCUT2D eigenvalue weighted by atomic mass is 32.1. The van der Waals surface area contributed by atoms with Gasteiger partial charge in [-0.1, -0.05) is 24.6 Å². The van der Waals surface area contributed by atoms with Crippen molar-refractivity contribution >= 4 is 22.7 Å². The van der Waals surface area contributed by atoms with Crippen molar-refractivity contribution < 1.29 is 0 Å². The van der Waals surface area contributed by atoms with Gasteiger partial charge >= 0.3 is 0 Å². The van der Waals surface area contributed by atoms with Crippen LogP contribution < -0.4 is 5.43 Å². The van der Waals surface area contributed by atoms with E-state index in [2.05, 4.69) is 51.6 Å². The Labute approximate surface area is 142 Å². The van der Waals surface area contributed by atoms with Gasteiger partial charge in [0, 0.05) is 18.0 Å². The maximum absolute atomic E-state index is 4.33. The number of thiazole rings is 1. The number of anilines is 1. The normalized spacial score (nSPS) is 19.3. The first-order valence-electron chi connectivity index (χ1n) is 8.25. The third kappa shape index (κ3) is 4.62. The number of aryl methyl sites for hydroxylation is 1. The monoisotopic (exact) mass is 328 g/mol. The molecule has 0 spiro atoms. The Kier molecular flexibility index (Phi) is 5.41. The lowest BCUT2D eigenvalue weighted by Gasteiger charge is -2.33. The van der Waals surface area contributed by atoms with Gasteiger partial charge in [-0.2, -0.15) is 5.10 Å². The molecular formula is C18H24N4S. The smallest absolute Gasteiger partial charge is 0.203 e. The Morgan fingerprint density at radius 1 is 1.43 bits per heavy atom. The molecule has 0 radical (unpaired) electrons. The minimum atomic E-state index is 0.691. The van der Waals surface area contributed by atoms with Crippen molar-refractivity contribution in [1.29, 1.82) is 0 Å². The SMILES string of the molecule is Cc1csc(NN=Cc2cccc(CN3CCCCC3C)c2)n1. The zero-order chi connectivity index (χ0) is 16.1. The maximum Gasteiger partial charge on any atom is 0.203 e. The van der Waals surface area contributed by atoms with Crippen LogP contribution in [0.15, 0.2) is 34.7 Å². The summed E-state index contributed by atoms with van der Waals surface area (Å²) in [5.41, 5.74) is 6.48. The minimum Gasteiger partial charge on any atom is -0.296 e. The highest BCUT2D eigenvalue weighted by Gasteiger charge is 2.17. The van der Waals surface area contributed by atoms with E-state index in [0.717, 1.165) is 22.9 Å². The Bertz CT molecular complexity index is 665. The van der Waals surface area contributed by atoms with Crippen molar-refractivity contribution in [2.75, 3.05) is 12.0 Å². The number of nitrogens with one attached hydrogen (secondary N) is 1. The van der Waals surface area contributed by atoms with Gasteiger partial charge in [-0.15, -0.1) is 11.3 Å². The fourth-order valence-corrected chi connectivity index (χ4v) is 3.60. The van der Waals surface area contributed by atoms with Crippen LogP contribution in [0.5, 0.6) is 0 Å². The second kappa shape index (κ2) is 7.70. The van der Waals surface area contributed by atoms with Crippen LogP contribution in [-0.2, 0) is 6.54 Å². The van der Waals surface area contributed by atoms with Gasteiger partial charge in [0.15, 0.2) is 0 Å². The molecule has 122 valence electrons. The fraction of sp³-hybridized carbons (Fsp3) is 0.444. The van der Waals surface area contributed by atoms with Gasteiger partial charge < -0.3 is 0 Å². The molecule has 2 heterocycles. The second-order valence-corrected chi connectivity index (χ2v) is 7.08. The number of benzene rings is 1. The molecule has 23 heavy (non-hydrogen) atoms. The Balaban J connectivity index is 1.60. The molecule has 2 aromatic rings. The van der Waals surface area contributed by atoms with Gasteiger partial charge in [0.1, 0.15) is 0 Å². The molecule has 1 N–H and O–H groups in total. The second-order valence-electron chi connectivity index (χ2n) is 6.22. The number of likely N-dealkylation sites (tertiary alicyclic amines) is 1. The first-order chi connectivity index (χ1) is 11.2. The van der Waals surface area contributed by atoms with E-state index in [1.807, 2.05) is 18.5 Å². The molecule has 1 fully saturated rings. The molecule has 0 amide bonds. The van der Waals surface area contributed by atoms with E-state index in [1.165, 1.54) is 31.4 Å². The van der Waals surface area contributed by atoms with Crippen molar-refractivity contribution in [2.45, 2.75) is 45.7 Å². The summed E-state index contributed by atoms with van der Waals surface area (Å²) in [5.74, 6) is 0. The van der Waals surface area contributed by atoms with Gasteiger partial charge in [0.2, 0.25) is 5.13 Å². The van der Waals surface area contributed by atoms with Crippen LogP contribution in [0.2, 0.25) is 0 Å². The largest absolute Gasteiger partial charge is 0.296 e. The van der Waals surface area contributed by atoms with E-state index in [-0.39, 0.29) is 0 Å². The van der Waals surface area contributed by atoms with Crippen LogP contribution in [-0.4, -0.2) is 28.7 Å². The predicted molar refractivity (Wildman–Crippen MR) is 98.2 cm³/mol. The first kappa shape index (κ1) is 16.1. The topological polar surface area (TPSA) is 40.5 Å². The summed E-state index contributed by atoms with van der Waals surface area (Å²) in [5, 5.41) is 7.13. The van der Waals surface area contributed by atoms with Crippen LogP contribution in [0.25, 0.3) is 0 Å². The Morgan fingerprint density at radius 2 is 2.35 bits per heavy atom. The van der Waals surface area contributed by atoms with Crippen LogP contribution in [0, 0.1) is 6.92 Å². The molecule has 0 saturated carbocycles. The average Bonchev–Trinajstić information content (AvgIpc) is 2.96. The van der Waals surface area contributed by atoms with Crippen LogP contribution >= 0.6 is 11.3 Å². The molecule has 0 bridgehead atoms. The number of rotatable bonds is 5. The van der Waals surface area contributed by atoms with Crippen molar-refractivity contribution in [3.63, 3.8) is 0 Å². The molecule has 5 heteroatoms. The molecule has 1 aliphatic rings. The quantitative estimate of drug-likeness (QED) is 0.658. The molecule has 3 rings (SSSR count). The summed E-state index contributed by atoms with van der Waals surface area (Å²) < 4.78 is 0. The molecule has 1 saturated heterocycles. The maximum atomic E-state index is 4.33. The zero-order valence-electron chi connectivity index (χ0n) is 13.8. The zero-order valence-corrected chi connectivity index (χ0v) is 14.6.